The topological polar surface area (TPSA) is 66.6 Å². The van der Waals surface area contributed by atoms with Crippen molar-refractivity contribution in [1.29, 1.82) is 0 Å². The van der Waals surface area contributed by atoms with Crippen LogP contribution in [0, 0.1) is 5.92 Å². The van der Waals surface area contributed by atoms with Crippen molar-refractivity contribution < 1.29 is 9.90 Å². The van der Waals surface area contributed by atoms with Crippen LogP contribution in [0.3, 0.4) is 0 Å². The van der Waals surface area contributed by atoms with Gasteiger partial charge in [0.05, 0.1) is 18.6 Å². The number of nitrogens with zero attached hydrogens (tertiary/aromatic N) is 1. The van der Waals surface area contributed by atoms with E-state index in [2.05, 4.69) is 0 Å². The molecule has 0 aromatic heterocycles. The summed E-state index contributed by atoms with van der Waals surface area (Å²) in [4.78, 5) is 14.2. The monoisotopic (exact) mass is 226 g/mol. The number of hydrogen-bond acceptors (Lipinski definition) is 3. The average molecular weight is 226 g/mol. The predicted octanol–water partition coefficient (Wildman–Crippen LogP) is 0.487. The van der Waals surface area contributed by atoms with Crippen LogP contribution in [0.25, 0.3) is 0 Å². The summed E-state index contributed by atoms with van der Waals surface area (Å²) >= 11 is 0. The minimum absolute atomic E-state index is 0.000833. The average Bonchev–Trinajstić information content (AvgIpc) is 2.77. The summed E-state index contributed by atoms with van der Waals surface area (Å²) in [5.74, 6) is 0.185. The summed E-state index contributed by atoms with van der Waals surface area (Å²) in [6.07, 6.45) is 6.10. The van der Waals surface area contributed by atoms with E-state index in [0.717, 1.165) is 45.1 Å². The lowest BCUT2D eigenvalue weighted by Crippen LogP contribution is -2.48. The SMILES string of the molecule is NC1CCCCC1C(=O)N1CCCC1CO. The minimum atomic E-state index is 0.000833. The third kappa shape index (κ3) is 2.23. The van der Waals surface area contributed by atoms with Gasteiger partial charge in [0, 0.05) is 12.6 Å². The maximum absolute atomic E-state index is 12.3. The number of likely N-dealkylation sites (tertiary alicyclic amines) is 1. The van der Waals surface area contributed by atoms with Crippen LogP contribution in [0.4, 0.5) is 0 Å². The van der Waals surface area contributed by atoms with Crippen molar-refractivity contribution in [2.45, 2.75) is 50.6 Å². The van der Waals surface area contributed by atoms with Crippen molar-refractivity contribution in [2.24, 2.45) is 11.7 Å². The fourth-order valence-corrected chi connectivity index (χ4v) is 2.99. The molecule has 1 aliphatic carbocycles. The highest BCUT2D eigenvalue weighted by Gasteiger charge is 2.36. The number of hydrogen-bond donors (Lipinski definition) is 2. The summed E-state index contributed by atoms with van der Waals surface area (Å²) in [6, 6.07) is 0.0721. The second-order valence-electron chi connectivity index (χ2n) is 5.07. The van der Waals surface area contributed by atoms with Gasteiger partial charge in [-0.25, -0.2) is 0 Å². The Kier molecular flexibility index (Phi) is 3.82. The van der Waals surface area contributed by atoms with E-state index in [0.29, 0.717) is 0 Å². The summed E-state index contributed by atoms with van der Waals surface area (Å²) in [5.41, 5.74) is 6.02. The van der Waals surface area contributed by atoms with Gasteiger partial charge in [0.1, 0.15) is 0 Å². The molecule has 2 fully saturated rings. The fraction of sp³-hybridized carbons (Fsp3) is 0.917. The van der Waals surface area contributed by atoms with Gasteiger partial charge >= 0.3 is 0 Å². The van der Waals surface area contributed by atoms with Crippen LogP contribution in [0.15, 0.2) is 0 Å². The summed E-state index contributed by atoms with van der Waals surface area (Å²) < 4.78 is 0. The molecule has 3 atom stereocenters. The molecule has 3 unspecified atom stereocenters. The van der Waals surface area contributed by atoms with E-state index in [1.807, 2.05) is 4.90 Å². The second kappa shape index (κ2) is 5.15. The molecule has 3 N–H and O–H groups in total. The molecule has 16 heavy (non-hydrogen) atoms. The van der Waals surface area contributed by atoms with Gasteiger partial charge in [0.25, 0.3) is 0 Å². The van der Waals surface area contributed by atoms with Crippen molar-refractivity contribution in [1.82, 2.24) is 4.90 Å². The molecule has 1 heterocycles. The van der Waals surface area contributed by atoms with E-state index >= 15 is 0 Å². The van der Waals surface area contributed by atoms with E-state index in [1.165, 1.54) is 0 Å². The molecule has 1 aliphatic heterocycles. The minimum Gasteiger partial charge on any atom is -0.394 e. The smallest absolute Gasteiger partial charge is 0.227 e. The molecule has 2 aliphatic rings. The number of nitrogens with two attached hydrogens (primary N) is 1. The molecule has 1 amide bonds. The van der Waals surface area contributed by atoms with Gasteiger partial charge in [0.15, 0.2) is 0 Å². The highest BCUT2D eigenvalue weighted by Crippen LogP contribution is 2.28. The van der Waals surface area contributed by atoms with Crippen molar-refractivity contribution in [2.75, 3.05) is 13.2 Å². The van der Waals surface area contributed by atoms with Crippen molar-refractivity contribution in [3.8, 4) is 0 Å². The Bertz CT molecular complexity index is 253. The zero-order valence-electron chi connectivity index (χ0n) is 9.77. The molecule has 0 radical (unpaired) electrons. The molecule has 92 valence electrons. The lowest BCUT2D eigenvalue weighted by molar-refractivity contribution is -0.138. The van der Waals surface area contributed by atoms with Crippen LogP contribution in [0.2, 0.25) is 0 Å². The Labute approximate surface area is 96.8 Å². The number of aliphatic hydroxyl groups excluding tert-OH is 1. The lowest BCUT2D eigenvalue weighted by atomic mass is 9.84. The lowest BCUT2D eigenvalue weighted by Gasteiger charge is -2.33. The van der Waals surface area contributed by atoms with E-state index in [4.69, 9.17) is 5.73 Å². The Morgan fingerprint density at radius 2 is 2.00 bits per heavy atom. The molecular weight excluding hydrogens is 204 g/mol. The molecule has 4 heteroatoms. The van der Waals surface area contributed by atoms with Gasteiger partial charge in [-0.15, -0.1) is 0 Å². The molecule has 0 aromatic rings. The number of rotatable bonds is 2. The molecule has 0 bridgehead atoms. The third-order valence-corrected chi connectivity index (χ3v) is 4.01. The maximum atomic E-state index is 12.3. The van der Waals surface area contributed by atoms with Gasteiger partial charge in [-0.1, -0.05) is 12.8 Å². The van der Waals surface area contributed by atoms with Crippen LogP contribution in [0.1, 0.15) is 38.5 Å². The molecule has 4 nitrogen and oxygen atoms in total. The normalized spacial score (nSPS) is 35.4. The van der Waals surface area contributed by atoms with Crippen molar-refractivity contribution >= 4 is 5.91 Å². The first-order valence-corrected chi connectivity index (χ1v) is 6.41. The van der Waals surface area contributed by atoms with Gasteiger partial charge in [0.2, 0.25) is 5.91 Å². The highest BCUT2D eigenvalue weighted by molar-refractivity contribution is 5.80. The molecule has 2 rings (SSSR count). The van der Waals surface area contributed by atoms with Crippen LogP contribution in [-0.2, 0) is 4.79 Å². The van der Waals surface area contributed by atoms with E-state index in [-0.39, 0.29) is 30.5 Å². The standard InChI is InChI=1S/C12H22N2O2/c13-11-6-2-1-5-10(11)12(16)14-7-3-4-9(14)8-15/h9-11,15H,1-8,13H2. The summed E-state index contributed by atoms with van der Waals surface area (Å²) in [6.45, 7) is 0.890. The van der Waals surface area contributed by atoms with E-state index in [9.17, 15) is 9.90 Å². The largest absolute Gasteiger partial charge is 0.394 e. The first-order chi connectivity index (χ1) is 7.74. The van der Waals surface area contributed by atoms with Gasteiger partial charge in [-0.05, 0) is 25.7 Å². The predicted molar refractivity (Wildman–Crippen MR) is 61.8 cm³/mol. The zero-order chi connectivity index (χ0) is 11.5. The highest BCUT2D eigenvalue weighted by atomic mass is 16.3. The Balaban J connectivity index is 2.00. The van der Waals surface area contributed by atoms with Crippen molar-refractivity contribution in [3.63, 3.8) is 0 Å². The Hall–Kier alpha value is -0.610. The Morgan fingerprint density at radius 1 is 1.25 bits per heavy atom. The van der Waals surface area contributed by atoms with Crippen LogP contribution < -0.4 is 5.73 Å². The number of carbonyl (C=O) groups is 1. The summed E-state index contributed by atoms with van der Waals surface area (Å²) in [7, 11) is 0. The Morgan fingerprint density at radius 3 is 2.69 bits per heavy atom. The third-order valence-electron chi connectivity index (χ3n) is 4.01. The van der Waals surface area contributed by atoms with Crippen LogP contribution in [0.5, 0.6) is 0 Å². The van der Waals surface area contributed by atoms with E-state index < -0.39 is 0 Å². The number of carbonyl (C=O) groups excluding carboxylic acids is 1. The molecule has 0 aromatic carbocycles. The number of amides is 1. The van der Waals surface area contributed by atoms with E-state index in [1.54, 1.807) is 0 Å². The van der Waals surface area contributed by atoms with Gasteiger partial charge in [-0.3, -0.25) is 4.79 Å². The first kappa shape index (κ1) is 11.9. The maximum Gasteiger partial charge on any atom is 0.227 e. The molecule has 0 spiro atoms. The zero-order valence-corrected chi connectivity index (χ0v) is 9.77. The first-order valence-electron chi connectivity index (χ1n) is 6.41. The van der Waals surface area contributed by atoms with Crippen LogP contribution >= 0.6 is 0 Å². The quantitative estimate of drug-likeness (QED) is 0.720. The molecular formula is C12H22N2O2. The molecule has 1 saturated heterocycles. The van der Waals surface area contributed by atoms with Gasteiger partial charge < -0.3 is 15.7 Å². The number of aliphatic hydroxyl groups is 1. The fourth-order valence-electron chi connectivity index (χ4n) is 2.99. The van der Waals surface area contributed by atoms with Crippen molar-refractivity contribution in [3.05, 3.63) is 0 Å². The summed E-state index contributed by atoms with van der Waals surface area (Å²) in [5, 5.41) is 9.22. The van der Waals surface area contributed by atoms with Crippen LogP contribution in [-0.4, -0.2) is 41.1 Å². The van der Waals surface area contributed by atoms with Gasteiger partial charge in [-0.2, -0.15) is 0 Å². The molecule has 1 saturated carbocycles. The second-order valence-corrected chi connectivity index (χ2v) is 5.07.